The normalized spacial score (nSPS) is 20.2. The molecular formula is C25H24FN3O2S. The zero-order valence-electron chi connectivity index (χ0n) is 18.0. The molecule has 5 nitrogen and oxygen atoms in total. The average Bonchev–Trinajstić information content (AvgIpc) is 3.32. The van der Waals surface area contributed by atoms with E-state index in [2.05, 4.69) is 30.1 Å². The van der Waals surface area contributed by atoms with Crippen molar-refractivity contribution in [3.8, 4) is 11.3 Å². The maximum absolute atomic E-state index is 14.2. The second-order valence-electron chi connectivity index (χ2n) is 8.63. The van der Waals surface area contributed by atoms with Gasteiger partial charge in [0, 0.05) is 29.4 Å². The Labute approximate surface area is 189 Å². The van der Waals surface area contributed by atoms with Gasteiger partial charge < -0.3 is 4.90 Å². The van der Waals surface area contributed by atoms with Gasteiger partial charge in [-0.25, -0.2) is 13.7 Å². The number of anilines is 1. The maximum Gasteiger partial charge on any atom is 0.231 e. The largest absolute Gasteiger partial charge is 0.312 e. The molecule has 0 bridgehead atoms. The fourth-order valence-corrected chi connectivity index (χ4v) is 5.47. The summed E-state index contributed by atoms with van der Waals surface area (Å²) in [4.78, 5) is 19.8. The molecule has 2 aliphatic rings. The molecule has 1 aliphatic heterocycles. The third-order valence-corrected chi connectivity index (χ3v) is 7.44. The van der Waals surface area contributed by atoms with E-state index in [-0.39, 0.29) is 22.6 Å². The number of carbonyl (C=O) groups excluding carboxylic acids is 1. The predicted octanol–water partition coefficient (Wildman–Crippen LogP) is 4.04. The summed E-state index contributed by atoms with van der Waals surface area (Å²) in [5.41, 5.74) is 6.66. The van der Waals surface area contributed by atoms with Crippen LogP contribution in [0.2, 0.25) is 0 Å². The SMILES string of the molecule is Cc1cccc(-c2ccc3c(c2)CC(C(=O)N2CCc4cc(F)c(S(N)=O)cc42)C3C)n1. The van der Waals surface area contributed by atoms with Crippen LogP contribution in [-0.2, 0) is 28.6 Å². The molecule has 0 radical (unpaired) electrons. The molecule has 2 aromatic carbocycles. The summed E-state index contributed by atoms with van der Waals surface area (Å²) in [6.07, 6.45) is 1.23. The number of nitrogens with two attached hydrogens (primary N) is 1. The molecule has 0 saturated carbocycles. The topological polar surface area (TPSA) is 76.3 Å². The molecule has 2 N–H and O–H groups in total. The second-order valence-corrected chi connectivity index (χ2v) is 9.66. The van der Waals surface area contributed by atoms with Gasteiger partial charge >= 0.3 is 0 Å². The van der Waals surface area contributed by atoms with Crippen molar-refractivity contribution in [1.29, 1.82) is 0 Å². The second kappa shape index (κ2) is 7.90. The number of hydrogen-bond acceptors (Lipinski definition) is 3. The number of aromatic nitrogens is 1. The highest BCUT2D eigenvalue weighted by Crippen LogP contribution is 2.42. The number of pyridine rings is 1. The summed E-state index contributed by atoms with van der Waals surface area (Å²) < 4.78 is 25.9. The van der Waals surface area contributed by atoms with E-state index < -0.39 is 16.8 Å². The number of benzene rings is 2. The van der Waals surface area contributed by atoms with Gasteiger partial charge in [0.05, 0.1) is 10.6 Å². The average molecular weight is 450 g/mol. The van der Waals surface area contributed by atoms with E-state index in [1.807, 2.05) is 25.1 Å². The van der Waals surface area contributed by atoms with Crippen LogP contribution in [0.3, 0.4) is 0 Å². The molecule has 1 amide bonds. The Kier molecular flexibility index (Phi) is 5.18. The monoisotopic (exact) mass is 449 g/mol. The first-order chi connectivity index (χ1) is 15.3. The molecule has 1 aliphatic carbocycles. The van der Waals surface area contributed by atoms with E-state index in [1.165, 1.54) is 23.3 Å². The summed E-state index contributed by atoms with van der Waals surface area (Å²) in [5, 5.41) is 5.43. The van der Waals surface area contributed by atoms with Gasteiger partial charge in [-0.15, -0.1) is 0 Å². The third kappa shape index (κ3) is 3.45. The van der Waals surface area contributed by atoms with Crippen molar-refractivity contribution in [2.75, 3.05) is 11.4 Å². The van der Waals surface area contributed by atoms with Crippen molar-refractivity contribution in [1.82, 2.24) is 4.98 Å². The molecule has 3 unspecified atom stereocenters. The van der Waals surface area contributed by atoms with Crippen LogP contribution in [0.4, 0.5) is 10.1 Å². The summed E-state index contributed by atoms with van der Waals surface area (Å²) in [6.45, 7) is 4.55. The van der Waals surface area contributed by atoms with Gasteiger partial charge in [-0.1, -0.05) is 25.1 Å². The maximum atomic E-state index is 14.2. The highest BCUT2D eigenvalue weighted by atomic mass is 32.2. The highest BCUT2D eigenvalue weighted by molar-refractivity contribution is 7.82. The van der Waals surface area contributed by atoms with Gasteiger partial charge in [0.1, 0.15) is 16.8 Å². The third-order valence-electron chi connectivity index (χ3n) is 6.69. The van der Waals surface area contributed by atoms with Crippen molar-refractivity contribution >= 4 is 22.6 Å². The van der Waals surface area contributed by atoms with E-state index in [0.717, 1.165) is 22.5 Å². The number of rotatable bonds is 3. The van der Waals surface area contributed by atoms with Crippen LogP contribution in [-0.4, -0.2) is 21.6 Å². The zero-order chi connectivity index (χ0) is 22.6. The zero-order valence-corrected chi connectivity index (χ0v) is 18.8. The molecule has 1 aromatic heterocycles. The van der Waals surface area contributed by atoms with Crippen LogP contribution >= 0.6 is 0 Å². The highest BCUT2D eigenvalue weighted by Gasteiger charge is 2.39. The van der Waals surface area contributed by atoms with Gasteiger partial charge in [-0.3, -0.25) is 9.78 Å². The molecule has 0 fully saturated rings. The van der Waals surface area contributed by atoms with Crippen LogP contribution in [0.15, 0.2) is 53.4 Å². The van der Waals surface area contributed by atoms with Crippen LogP contribution in [0.5, 0.6) is 0 Å². The lowest BCUT2D eigenvalue weighted by Gasteiger charge is -2.24. The van der Waals surface area contributed by atoms with E-state index in [9.17, 15) is 13.4 Å². The van der Waals surface area contributed by atoms with E-state index in [4.69, 9.17) is 5.14 Å². The van der Waals surface area contributed by atoms with Crippen LogP contribution in [0.25, 0.3) is 11.3 Å². The lowest BCUT2D eigenvalue weighted by atomic mass is 9.93. The van der Waals surface area contributed by atoms with Gasteiger partial charge in [0.15, 0.2) is 0 Å². The van der Waals surface area contributed by atoms with Crippen LogP contribution in [0.1, 0.15) is 35.2 Å². The Bertz CT molecular complexity index is 1280. The van der Waals surface area contributed by atoms with Crippen molar-refractivity contribution in [2.24, 2.45) is 11.1 Å². The van der Waals surface area contributed by atoms with Gasteiger partial charge in [-0.2, -0.15) is 0 Å². The lowest BCUT2D eigenvalue weighted by molar-refractivity contribution is -0.122. The van der Waals surface area contributed by atoms with E-state index in [0.29, 0.717) is 25.1 Å². The first kappa shape index (κ1) is 21.0. The standard InChI is InChI=1S/C25H24FN3O2S/c1-14-4-3-5-22(28-14)16-6-7-19-15(2)20(11-18(19)10-16)25(30)29-9-8-17-12-21(26)24(32(27)31)13-23(17)29/h3-7,10,12-13,15,20H,8-9,11,27H2,1-2H3. The smallest absolute Gasteiger partial charge is 0.231 e. The fourth-order valence-electron chi connectivity index (χ4n) is 4.99. The summed E-state index contributed by atoms with van der Waals surface area (Å²) in [7, 11) is -1.94. The molecule has 3 aromatic rings. The van der Waals surface area contributed by atoms with Crippen LogP contribution in [0, 0.1) is 18.7 Å². The molecule has 164 valence electrons. The van der Waals surface area contributed by atoms with Gasteiger partial charge in [-0.05, 0) is 72.7 Å². The Morgan fingerprint density at radius 3 is 2.75 bits per heavy atom. The minimum atomic E-state index is -1.94. The Hall–Kier alpha value is -2.90. The Morgan fingerprint density at radius 1 is 1.19 bits per heavy atom. The van der Waals surface area contributed by atoms with Crippen LogP contribution < -0.4 is 10.0 Å². The number of aryl methyl sites for hydroxylation is 1. The molecule has 32 heavy (non-hydrogen) atoms. The molecule has 0 saturated heterocycles. The first-order valence-electron chi connectivity index (χ1n) is 10.7. The summed E-state index contributed by atoms with van der Waals surface area (Å²) in [5.74, 6) is -0.695. The van der Waals surface area contributed by atoms with Crippen molar-refractivity contribution in [3.63, 3.8) is 0 Å². The number of amides is 1. The van der Waals surface area contributed by atoms with Gasteiger partial charge in [0.25, 0.3) is 0 Å². The first-order valence-corrected chi connectivity index (χ1v) is 11.9. The molecule has 2 heterocycles. The number of hydrogen-bond donors (Lipinski definition) is 1. The van der Waals surface area contributed by atoms with E-state index in [1.54, 1.807) is 4.90 Å². The summed E-state index contributed by atoms with van der Waals surface area (Å²) in [6, 6.07) is 15.1. The predicted molar refractivity (Wildman–Crippen MR) is 123 cm³/mol. The Morgan fingerprint density at radius 2 is 2.00 bits per heavy atom. The molecule has 3 atom stereocenters. The number of carbonyl (C=O) groups is 1. The number of fused-ring (bicyclic) bond motifs is 2. The lowest BCUT2D eigenvalue weighted by Crippen LogP contribution is -2.36. The quantitative estimate of drug-likeness (QED) is 0.656. The molecule has 7 heteroatoms. The van der Waals surface area contributed by atoms with Crippen molar-refractivity contribution < 1.29 is 13.4 Å². The minimum Gasteiger partial charge on any atom is -0.312 e. The minimum absolute atomic E-state index is 0.0167. The molecular weight excluding hydrogens is 425 g/mol. The Balaban J connectivity index is 1.44. The van der Waals surface area contributed by atoms with Gasteiger partial charge in [0.2, 0.25) is 5.91 Å². The van der Waals surface area contributed by atoms with Crippen molar-refractivity contribution in [3.05, 3.63) is 76.7 Å². The molecule has 0 spiro atoms. The van der Waals surface area contributed by atoms with E-state index >= 15 is 0 Å². The number of halogens is 1. The summed E-state index contributed by atoms with van der Waals surface area (Å²) >= 11 is 0. The molecule has 5 rings (SSSR count). The number of nitrogens with zero attached hydrogens (tertiary/aromatic N) is 2. The van der Waals surface area contributed by atoms with Crippen molar-refractivity contribution in [2.45, 2.75) is 37.5 Å². The fraction of sp³-hybridized carbons (Fsp3) is 0.280.